The first-order chi connectivity index (χ1) is 10.2. The number of rotatable bonds is 4. The minimum Gasteiger partial charge on any atom is -0.323 e. The second kappa shape index (κ2) is 6.47. The molecule has 3 nitrogen and oxygen atoms in total. The monoisotopic (exact) mass is 287 g/mol. The number of nitrogens with two attached hydrogens (primary N) is 1. The fourth-order valence-corrected chi connectivity index (χ4v) is 3.87. The van der Waals surface area contributed by atoms with Crippen LogP contribution in [0.2, 0.25) is 0 Å². The minimum atomic E-state index is 0.115. The fraction of sp³-hybridized carbons (Fsp3) is 0.667. The first-order valence-corrected chi connectivity index (χ1v) is 8.51. The Morgan fingerprint density at radius 2 is 1.95 bits per heavy atom. The molecule has 2 aliphatic heterocycles. The van der Waals surface area contributed by atoms with Crippen molar-refractivity contribution in [2.45, 2.75) is 51.2 Å². The molecule has 2 saturated heterocycles. The van der Waals surface area contributed by atoms with E-state index in [1.807, 2.05) is 0 Å². The Bertz CT molecular complexity index is 456. The molecule has 0 aliphatic carbocycles. The quantitative estimate of drug-likeness (QED) is 0.923. The van der Waals surface area contributed by atoms with E-state index < -0.39 is 0 Å². The number of aryl methyl sites for hydroxylation is 1. The van der Waals surface area contributed by atoms with Crippen LogP contribution in [0.1, 0.15) is 43.9 Å². The van der Waals surface area contributed by atoms with Crippen molar-refractivity contribution in [3.63, 3.8) is 0 Å². The second-order valence-corrected chi connectivity index (χ2v) is 6.69. The molecule has 0 saturated carbocycles. The van der Waals surface area contributed by atoms with Crippen molar-refractivity contribution in [2.75, 3.05) is 26.2 Å². The van der Waals surface area contributed by atoms with Crippen LogP contribution in [0, 0.1) is 0 Å². The van der Waals surface area contributed by atoms with Gasteiger partial charge in [-0.15, -0.1) is 0 Å². The van der Waals surface area contributed by atoms with E-state index in [2.05, 4.69) is 47.9 Å². The van der Waals surface area contributed by atoms with Crippen LogP contribution in [-0.2, 0) is 6.42 Å². The highest BCUT2D eigenvalue weighted by molar-refractivity contribution is 5.25. The van der Waals surface area contributed by atoms with Gasteiger partial charge >= 0.3 is 0 Å². The summed E-state index contributed by atoms with van der Waals surface area (Å²) in [5.41, 5.74) is 9.20. The average molecular weight is 287 g/mol. The van der Waals surface area contributed by atoms with Crippen LogP contribution in [-0.4, -0.2) is 48.1 Å². The first-order valence-electron chi connectivity index (χ1n) is 8.51. The van der Waals surface area contributed by atoms with Crippen molar-refractivity contribution in [3.05, 3.63) is 35.4 Å². The summed E-state index contributed by atoms with van der Waals surface area (Å²) >= 11 is 0. The SMILES string of the molecule is CCc1ccc(C(N)C(C)N2CCN3CCCC3C2)cc1. The maximum Gasteiger partial charge on any atom is 0.0450 e. The van der Waals surface area contributed by atoms with Crippen molar-refractivity contribution in [3.8, 4) is 0 Å². The van der Waals surface area contributed by atoms with Gasteiger partial charge in [-0.05, 0) is 43.9 Å². The van der Waals surface area contributed by atoms with Crippen LogP contribution in [0.4, 0.5) is 0 Å². The molecule has 3 heteroatoms. The van der Waals surface area contributed by atoms with Crippen LogP contribution >= 0.6 is 0 Å². The van der Waals surface area contributed by atoms with Crippen molar-refractivity contribution >= 4 is 0 Å². The average Bonchev–Trinajstić information content (AvgIpc) is 3.01. The van der Waals surface area contributed by atoms with E-state index in [1.165, 1.54) is 50.1 Å². The molecule has 2 fully saturated rings. The Hall–Kier alpha value is -0.900. The zero-order valence-electron chi connectivity index (χ0n) is 13.5. The molecule has 0 bridgehead atoms. The van der Waals surface area contributed by atoms with Gasteiger partial charge in [0.2, 0.25) is 0 Å². The molecular weight excluding hydrogens is 258 g/mol. The summed E-state index contributed by atoms with van der Waals surface area (Å²) in [5, 5.41) is 0. The lowest BCUT2D eigenvalue weighted by atomic mass is 9.97. The molecule has 3 atom stereocenters. The van der Waals surface area contributed by atoms with E-state index in [0.717, 1.165) is 12.5 Å². The highest BCUT2D eigenvalue weighted by atomic mass is 15.3. The molecule has 3 unspecified atom stereocenters. The predicted octanol–water partition coefficient (Wildman–Crippen LogP) is 2.42. The van der Waals surface area contributed by atoms with Crippen molar-refractivity contribution < 1.29 is 0 Å². The third-order valence-corrected chi connectivity index (χ3v) is 5.49. The first kappa shape index (κ1) is 15.0. The van der Waals surface area contributed by atoms with E-state index in [9.17, 15) is 0 Å². The van der Waals surface area contributed by atoms with Gasteiger partial charge < -0.3 is 5.73 Å². The van der Waals surface area contributed by atoms with Gasteiger partial charge in [0.15, 0.2) is 0 Å². The number of hydrogen-bond acceptors (Lipinski definition) is 3. The van der Waals surface area contributed by atoms with E-state index in [-0.39, 0.29) is 6.04 Å². The maximum absolute atomic E-state index is 6.54. The number of hydrogen-bond donors (Lipinski definition) is 1. The molecule has 2 heterocycles. The van der Waals surface area contributed by atoms with Gasteiger partial charge in [-0.1, -0.05) is 31.2 Å². The summed E-state index contributed by atoms with van der Waals surface area (Å²) < 4.78 is 0. The van der Waals surface area contributed by atoms with Gasteiger partial charge in [0.1, 0.15) is 0 Å². The Morgan fingerprint density at radius 3 is 2.67 bits per heavy atom. The summed E-state index contributed by atoms with van der Waals surface area (Å²) in [6.45, 7) is 9.37. The molecule has 0 radical (unpaired) electrons. The molecule has 0 spiro atoms. The van der Waals surface area contributed by atoms with Crippen molar-refractivity contribution in [1.82, 2.24) is 9.80 Å². The number of piperazine rings is 1. The highest BCUT2D eigenvalue weighted by Crippen LogP contribution is 2.26. The Morgan fingerprint density at radius 1 is 1.19 bits per heavy atom. The minimum absolute atomic E-state index is 0.115. The summed E-state index contributed by atoms with van der Waals surface area (Å²) in [7, 11) is 0. The van der Waals surface area contributed by atoms with E-state index >= 15 is 0 Å². The molecule has 2 aliphatic rings. The van der Waals surface area contributed by atoms with Crippen LogP contribution in [0.5, 0.6) is 0 Å². The van der Waals surface area contributed by atoms with Crippen LogP contribution in [0.15, 0.2) is 24.3 Å². The Kier molecular flexibility index (Phi) is 4.63. The topological polar surface area (TPSA) is 32.5 Å². The van der Waals surface area contributed by atoms with Gasteiger partial charge in [0.05, 0.1) is 0 Å². The van der Waals surface area contributed by atoms with Crippen LogP contribution < -0.4 is 5.73 Å². The maximum atomic E-state index is 6.54. The van der Waals surface area contributed by atoms with Gasteiger partial charge in [-0.25, -0.2) is 0 Å². The lowest BCUT2D eigenvalue weighted by Crippen LogP contribution is -2.54. The van der Waals surface area contributed by atoms with Gasteiger partial charge in [-0.3, -0.25) is 9.80 Å². The zero-order valence-corrected chi connectivity index (χ0v) is 13.5. The molecule has 1 aromatic carbocycles. The van der Waals surface area contributed by atoms with E-state index in [4.69, 9.17) is 5.73 Å². The lowest BCUT2D eigenvalue weighted by molar-refractivity contribution is 0.0682. The van der Waals surface area contributed by atoms with Gasteiger partial charge in [0, 0.05) is 37.8 Å². The summed E-state index contributed by atoms with van der Waals surface area (Å²) in [4.78, 5) is 5.26. The van der Waals surface area contributed by atoms with Crippen molar-refractivity contribution in [2.24, 2.45) is 5.73 Å². The normalized spacial score (nSPS) is 26.5. The fourth-order valence-electron chi connectivity index (χ4n) is 3.87. The number of benzene rings is 1. The molecule has 21 heavy (non-hydrogen) atoms. The van der Waals surface area contributed by atoms with Gasteiger partial charge in [0.25, 0.3) is 0 Å². The zero-order chi connectivity index (χ0) is 14.8. The largest absolute Gasteiger partial charge is 0.323 e. The molecule has 1 aromatic rings. The Labute approximate surface area is 129 Å². The smallest absolute Gasteiger partial charge is 0.0450 e. The molecule has 0 amide bonds. The highest BCUT2D eigenvalue weighted by Gasteiger charge is 2.33. The third-order valence-electron chi connectivity index (χ3n) is 5.49. The van der Waals surface area contributed by atoms with Crippen LogP contribution in [0.3, 0.4) is 0 Å². The molecule has 2 N–H and O–H groups in total. The number of fused-ring (bicyclic) bond motifs is 1. The summed E-state index contributed by atoms with van der Waals surface area (Å²) in [6.07, 6.45) is 3.83. The predicted molar refractivity (Wildman–Crippen MR) is 88.4 cm³/mol. The molecule has 0 aromatic heterocycles. The van der Waals surface area contributed by atoms with Crippen LogP contribution in [0.25, 0.3) is 0 Å². The summed E-state index contributed by atoms with van der Waals surface area (Å²) in [5.74, 6) is 0. The molecule has 3 rings (SSSR count). The lowest BCUT2D eigenvalue weighted by Gasteiger charge is -2.42. The van der Waals surface area contributed by atoms with Gasteiger partial charge in [-0.2, -0.15) is 0 Å². The third kappa shape index (κ3) is 3.15. The Balaban J connectivity index is 1.64. The summed E-state index contributed by atoms with van der Waals surface area (Å²) in [6, 6.07) is 10.2. The van der Waals surface area contributed by atoms with E-state index in [1.54, 1.807) is 0 Å². The standard InChI is InChI=1S/C18H29N3/c1-3-15-6-8-16(9-7-15)18(19)14(2)21-12-11-20-10-4-5-17(20)13-21/h6-9,14,17-18H,3-5,10-13,19H2,1-2H3. The molecule has 116 valence electrons. The number of nitrogens with zero attached hydrogens (tertiary/aromatic N) is 2. The molecular formula is C18H29N3. The van der Waals surface area contributed by atoms with Crippen molar-refractivity contribution in [1.29, 1.82) is 0 Å². The second-order valence-electron chi connectivity index (χ2n) is 6.69. The van der Waals surface area contributed by atoms with E-state index in [0.29, 0.717) is 6.04 Å².